The molecule has 20 heavy (non-hydrogen) atoms. The topological polar surface area (TPSA) is 70.2 Å². The fourth-order valence-corrected chi connectivity index (χ4v) is 1.35. The SMILES string of the molecule is CC(C)(C)NC(=O)NC(=O)CNc1cc(F)ccc1F. The molecular weight excluding hydrogens is 268 g/mol. The van der Waals surface area contributed by atoms with Crippen LogP contribution in [-0.2, 0) is 4.79 Å². The van der Waals surface area contributed by atoms with Crippen molar-refractivity contribution < 1.29 is 18.4 Å². The van der Waals surface area contributed by atoms with Crippen molar-refractivity contribution in [1.82, 2.24) is 10.6 Å². The summed E-state index contributed by atoms with van der Waals surface area (Å²) in [5.74, 6) is -1.96. The van der Waals surface area contributed by atoms with Crippen LogP contribution in [-0.4, -0.2) is 24.0 Å². The van der Waals surface area contributed by atoms with Crippen LogP contribution < -0.4 is 16.0 Å². The number of anilines is 1. The van der Waals surface area contributed by atoms with Crippen molar-refractivity contribution in [3.05, 3.63) is 29.8 Å². The summed E-state index contributed by atoms with van der Waals surface area (Å²) in [6.45, 7) is 4.93. The Labute approximate surface area is 115 Å². The third-order valence-electron chi connectivity index (χ3n) is 2.11. The molecular formula is C13H17F2N3O2. The lowest BCUT2D eigenvalue weighted by Crippen LogP contribution is -2.49. The van der Waals surface area contributed by atoms with Crippen molar-refractivity contribution in [2.24, 2.45) is 0 Å². The third-order valence-corrected chi connectivity index (χ3v) is 2.11. The number of halogens is 2. The second-order valence-corrected chi connectivity index (χ2v) is 5.23. The maximum absolute atomic E-state index is 13.3. The van der Waals surface area contributed by atoms with Crippen molar-refractivity contribution in [3.63, 3.8) is 0 Å². The van der Waals surface area contributed by atoms with Crippen LogP contribution in [0.1, 0.15) is 20.8 Å². The molecule has 7 heteroatoms. The molecule has 0 atom stereocenters. The fraction of sp³-hybridized carbons (Fsp3) is 0.385. The van der Waals surface area contributed by atoms with E-state index in [-0.39, 0.29) is 12.2 Å². The number of hydrogen-bond donors (Lipinski definition) is 3. The van der Waals surface area contributed by atoms with Crippen LogP contribution in [0.4, 0.5) is 19.3 Å². The number of hydrogen-bond acceptors (Lipinski definition) is 3. The van der Waals surface area contributed by atoms with E-state index in [0.29, 0.717) is 0 Å². The number of carbonyl (C=O) groups is 2. The minimum atomic E-state index is -0.682. The third kappa shape index (κ3) is 5.64. The Morgan fingerprint density at radius 2 is 1.85 bits per heavy atom. The van der Waals surface area contributed by atoms with Crippen LogP contribution in [0.3, 0.4) is 0 Å². The zero-order valence-corrected chi connectivity index (χ0v) is 11.5. The lowest BCUT2D eigenvalue weighted by atomic mass is 10.1. The first-order chi connectivity index (χ1) is 9.17. The van der Waals surface area contributed by atoms with Gasteiger partial charge in [0.15, 0.2) is 0 Å². The van der Waals surface area contributed by atoms with Gasteiger partial charge in [0.05, 0.1) is 12.2 Å². The van der Waals surface area contributed by atoms with Crippen LogP contribution in [0.2, 0.25) is 0 Å². The smallest absolute Gasteiger partial charge is 0.321 e. The fourth-order valence-electron chi connectivity index (χ4n) is 1.35. The molecule has 3 N–H and O–H groups in total. The Kier molecular flexibility index (Phi) is 5.01. The summed E-state index contributed by atoms with van der Waals surface area (Å²) in [4.78, 5) is 22.9. The van der Waals surface area contributed by atoms with Gasteiger partial charge in [0.2, 0.25) is 5.91 Å². The van der Waals surface area contributed by atoms with E-state index in [4.69, 9.17) is 0 Å². The molecule has 5 nitrogen and oxygen atoms in total. The Bertz CT molecular complexity index is 513. The number of rotatable bonds is 3. The zero-order valence-electron chi connectivity index (χ0n) is 11.5. The van der Waals surface area contributed by atoms with E-state index in [9.17, 15) is 18.4 Å². The van der Waals surface area contributed by atoms with Crippen LogP contribution >= 0.6 is 0 Å². The first kappa shape index (κ1) is 15.9. The van der Waals surface area contributed by atoms with Gasteiger partial charge in [-0.3, -0.25) is 10.1 Å². The highest BCUT2D eigenvalue weighted by molar-refractivity contribution is 5.96. The quantitative estimate of drug-likeness (QED) is 0.795. The molecule has 3 amide bonds. The standard InChI is InChI=1S/C13H17F2N3O2/c1-13(2,3)18-12(20)17-11(19)7-16-10-6-8(14)4-5-9(10)15/h4-6,16H,7H2,1-3H3,(H2,17,18,19,20). The van der Waals surface area contributed by atoms with E-state index in [2.05, 4.69) is 16.0 Å². The summed E-state index contributed by atoms with van der Waals surface area (Å²) in [5, 5.41) is 7.02. The molecule has 0 bridgehead atoms. The number of benzene rings is 1. The van der Waals surface area contributed by atoms with Crippen LogP contribution in [0.15, 0.2) is 18.2 Å². The van der Waals surface area contributed by atoms with Gasteiger partial charge < -0.3 is 10.6 Å². The molecule has 1 aromatic rings. The molecule has 0 aliphatic rings. The zero-order chi connectivity index (χ0) is 15.3. The van der Waals surface area contributed by atoms with E-state index in [1.807, 2.05) is 0 Å². The Morgan fingerprint density at radius 3 is 2.45 bits per heavy atom. The summed E-state index contributed by atoms with van der Waals surface area (Å²) < 4.78 is 26.2. The highest BCUT2D eigenvalue weighted by Crippen LogP contribution is 2.14. The number of urea groups is 1. The predicted molar refractivity (Wildman–Crippen MR) is 71.3 cm³/mol. The average molecular weight is 285 g/mol. The second-order valence-electron chi connectivity index (χ2n) is 5.23. The number of carbonyl (C=O) groups excluding carboxylic acids is 2. The Balaban J connectivity index is 2.48. The first-order valence-corrected chi connectivity index (χ1v) is 5.98. The Hall–Kier alpha value is -2.18. The predicted octanol–water partition coefficient (Wildman–Crippen LogP) is 2.00. The van der Waals surface area contributed by atoms with Crippen molar-refractivity contribution >= 4 is 17.6 Å². The monoisotopic (exact) mass is 285 g/mol. The van der Waals surface area contributed by atoms with Gasteiger partial charge in [-0.05, 0) is 39.0 Å². The minimum absolute atomic E-state index is 0.142. The Morgan fingerprint density at radius 1 is 1.20 bits per heavy atom. The second kappa shape index (κ2) is 6.31. The molecule has 0 aromatic heterocycles. The van der Waals surface area contributed by atoms with Crippen molar-refractivity contribution in [2.75, 3.05) is 11.9 Å². The summed E-state index contributed by atoms with van der Waals surface area (Å²) in [5.41, 5.74) is -0.622. The molecule has 1 rings (SSSR count). The molecule has 0 spiro atoms. The highest BCUT2D eigenvalue weighted by atomic mass is 19.1. The first-order valence-electron chi connectivity index (χ1n) is 5.98. The summed E-state index contributed by atoms with van der Waals surface area (Å²) >= 11 is 0. The lowest BCUT2D eigenvalue weighted by molar-refractivity contribution is -0.118. The summed E-state index contributed by atoms with van der Waals surface area (Å²) in [6.07, 6.45) is 0. The number of amides is 3. The van der Waals surface area contributed by atoms with Crippen LogP contribution in [0, 0.1) is 11.6 Å². The normalized spacial score (nSPS) is 10.8. The molecule has 0 aliphatic heterocycles. The maximum Gasteiger partial charge on any atom is 0.321 e. The molecule has 0 fully saturated rings. The molecule has 0 saturated heterocycles. The van der Waals surface area contributed by atoms with E-state index in [1.54, 1.807) is 20.8 Å². The average Bonchev–Trinajstić information content (AvgIpc) is 2.27. The molecule has 0 radical (unpaired) electrons. The molecule has 1 aromatic carbocycles. The van der Waals surface area contributed by atoms with Crippen molar-refractivity contribution in [3.8, 4) is 0 Å². The van der Waals surface area contributed by atoms with Gasteiger partial charge in [-0.25, -0.2) is 13.6 Å². The van der Waals surface area contributed by atoms with Gasteiger partial charge in [0.25, 0.3) is 0 Å². The highest BCUT2D eigenvalue weighted by Gasteiger charge is 2.15. The largest absolute Gasteiger partial charge is 0.374 e. The molecule has 0 saturated carbocycles. The molecule has 110 valence electrons. The molecule has 0 aliphatic carbocycles. The van der Waals surface area contributed by atoms with E-state index < -0.39 is 29.1 Å². The molecule has 0 unspecified atom stereocenters. The van der Waals surface area contributed by atoms with Crippen molar-refractivity contribution in [2.45, 2.75) is 26.3 Å². The summed E-state index contributed by atoms with van der Waals surface area (Å²) in [7, 11) is 0. The van der Waals surface area contributed by atoms with Gasteiger partial charge in [0, 0.05) is 5.54 Å². The van der Waals surface area contributed by atoms with Gasteiger partial charge in [-0.2, -0.15) is 0 Å². The lowest BCUT2D eigenvalue weighted by Gasteiger charge is -2.20. The van der Waals surface area contributed by atoms with Gasteiger partial charge >= 0.3 is 6.03 Å². The van der Waals surface area contributed by atoms with Crippen LogP contribution in [0.5, 0.6) is 0 Å². The van der Waals surface area contributed by atoms with Crippen molar-refractivity contribution in [1.29, 1.82) is 0 Å². The van der Waals surface area contributed by atoms with E-state index in [1.165, 1.54) is 0 Å². The maximum atomic E-state index is 13.3. The minimum Gasteiger partial charge on any atom is -0.374 e. The number of nitrogens with one attached hydrogen (secondary N) is 3. The van der Waals surface area contributed by atoms with Gasteiger partial charge in [-0.1, -0.05) is 0 Å². The van der Waals surface area contributed by atoms with E-state index in [0.717, 1.165) is 18.2 Å². The van der Waals surface area contributed by atoms with Gasteiger partial charge in [0.1, 0.15) is 11.6 Å². The van der Waals surface area contributed by atoms with Gasteiger partial charge in [-0.15, -0.1) is 0 Å². The van der Waals surface area contributed by atoms with E-state index >= 15 is 0 Å². The van der Waals surface area contributed by atoms with Crippen LogP contribution in [0.25, 0.3) is 0 Å². The summed E-state index contributed by atoms with van der Waals surface area (Å²) in [6, 6.07) is 2.20. The number of imide groups is 1. The molecule has 0 heterocycles.